The predicted molar refractivity (Wildman–Crippen MR) is 156 cm³/mol. The van der Waals surface area contributed by atoms with Crippen molar-refractivity contribution in [2.75, 3.05) is 36.4 Å². The Hall–Kier alpha value is -4.58. The number of nitrogens with zero attached hydrogens (tertiary/aromatic N) is 6. The number of aryl methyl sites for hydroxylation is 1. The highest BCUT2D eigenvalue weighted by Gasteiger charge is 2.42. The van der Waals surface area contributed by atoms with Crippen molar-refractivity contribution >= 4 is 40.4 Å². The van der Waals surface area contributed by atoms with Crippen LogP contribution in [0.15, 0.2) is 54.3 Å². The molecular formula is C30H28FN7O3S. The number of nitrogens with one attached hydrogen (secondary N) is 1. The van der Waals surface area contributed by atoms with Crippen LogP contribution in [0, 0.1) is 5.82 Å². The van der Waals surface area contributed by atoms with Crippen molar-refractivity contribution in [2.45, 2.75) is 32.0 Å². The molecule has 1 unspecified atom stereocenters. The number of aromatic nitrogens is 3. The van der Waals surface area contributed by atoms with E-state index in [1.807, 2.05) is 28.8 Å². The van der Waals surface area contributed by atoms with Crippen LogP contribution >= 0.6 is 11.3 Å². The van der Waals surface area contributed by atoms with Gasteiger partial charge in [0.05, 0.1) is 18.6 Å². The van der Waals surface area contributed by atoms with Crippen molar-refractivity contribution in [3.8, 4) is 11.1 Å². The molecule has 0 saturated carbocycles. The molecule has 214 valence electrons. The first-order valence-electron chi connectivity index (χ1n) is 13.9. The lowest BCUT2D eigenvalue weighted by atomic mass is 9.99. The number of thiazole rings is 1. The minimum atomic E-state index is -1.02. The molecule has 3 aliphatic heterocycles. The Bertz CT molecular complexity index is 1660. The fraction of sp³-hybridized carbons (Fsp3) is 0.300. The smallest absolute Gasteiger partial charge is 0.255 e. The van der Waals surface area contributed by atoms with Crippen LogP contribution in [0.2, 0.25) is 0 Å². The van der Waals surface area contributed by atoms with E-state index in [2.05, 4.69) is 20.2 Å². The van der Waals surface area contributed by atoms with Gasteiger partial charge >= 0.3 is 0 Å². The molecule has 0 bridgehead atoms. The number of anilines is 2. The number of fused-ring (bicyclic) bond motifs is 2. The van der Waals surface area contributed by atoms with Crippen LogP contribution in [0.4, 0.5) is 15.2 Å². The number of amides is 3. The molecule has 1 atom stereocenters. The molecule has 0 spiro atoms. The number of rotatable bonds is 7. The van der Waals surface area contributed by atoms with E-state index in [0.717, 1.165) is 55.8 Å². The minimum absolute atomic E-state index is 0.0335. The van der Waals surface area contributed by atoms with Gasteiger partial charge in [-0.15, -0.1) is 11.3 Å². The second kappa shape index (κ2) is 10.7. The summed E-state index contributed by atoms with van der Waals surface area (Å²) in [5, 5.41) is 5.00. The Morgan fingerprint density at radius 3 is 2.60 bits per heavy atom. The number of hydrogen-bond donors (Lipinski definition) is 1. The quantitative estimate of drug-likeness (QED) is 0.332. The SMILES string of the molecule is O=CN1CCN(c2ccc(-c3cc(F)c4c(c3)C(=O)N(C(C(=O)Nc3nccs3)c3ncn5c3CCC5)C4)cc2)CC1. The summed E-state index contributed by atoms with van der Waals surface area (Å²) in [6.45, 7) is 3.60. The molecule has 3 aliphatic rings. The van der Waals surface area contributed by atoms with Gasteiger partial charge in [-0.05, 0) is 48.2 Å². The molecule has 0 radical (unpaired) electrons. The van der Waals surface area contributed by atoms with Crippen molar-refractivity contribution in [3.05, 3.63) is 82.6 Å². The van der Waals surface area contributed by atoms with Crippen LogP contribution in [0.1, 0.15) is 39.8 Å². The fourth-order valence-corrected chi connectivity index (χ4v) is 6.65. The molecule has 5 heterocycles. The van der Waals surface area contributed by atoms with Gasteiger partial charge in [-0.1, -0.05) is 12.1 Å². The summed E-state index contributed by atoms with van der Waals surface area (Å²) >= 11 is 1.28. The van der Waals surface area contributed by atoms with Gasteiger partial charge in [-0.2, -0.15) is 0 Å². The number of piperazine rings is 1. The normalized spacial score (nSPS) is 16.9. The van der Waals surface area contributed by atoms with E-state index in [0.29, 0.717) is 29.5 Å². The summed E-state index contributed by atoms with van der Waals surface area (Å²) in [7, 11) is 0. The fourth-order valence-electron chi connectivity index (χ4n) is 6.12. The lowest BCUT2D eigenvalue weighted by Crippen LogP contribution is -2.45. The van der Waals surface area contributed by atoms with Gasteiger partial charge in [0, 0.05) is 66.8 Å². The highest BCUT2D eigenvalue weighted by Crippen LogP contribution is 2.38. The molecule has 0 aliphatic carbocycles. The van der Waals surface area contributed by atoms with Crippen LogP contribution in [-0.2, 0) is 29.1 Å². The van der Waals surface area contributed by atoms with Crippen molar-refractivity contribution in [2.24, 2.45) is 0 Å². The van der Waals surface area contributed by atoms with Gasteiger partial charge in [0.2, 0.25) is 6.41 Å². The second-order valence-corrected chi connectivity index (χ2v) is 11.6. The molecular weight excluding hydrogens is 557 g/mol. The van der Waals surface area contributed by atoms with Crippen LogP contribution in [0.25, 0.3) is 11.1 Å². The third-order valence-electron chi connectivity index (χ3n) is 8.32. The van der Waals surface area contributed by atoms with E-state index < -0.39 is 23.7 Å². The molecule has 42 heavy (non-hydrogen) atoms. The Labute approximate surface area is 245 Å². The topological polar surface area (TPSA) is 104 Å². The molecule has 12 heteroatoms. The van der Waals surface area contributed by atoms with E-state index in [1.165, 1.54) is 22.3 Å². The number of hydrogen-bond acceptors (Lipinski definition) is 7. The average Bonchev–Trinajstić information content (AvgIpc) is 3.82. The maximum absolute atomic E-state index is 15.6. The highest BCUT2D eigenvalue weighted by molar-refractivity contribution is 7.13. The Morgan fingerprint density at radius 1 is 1.05 bits per heavy atom. The minimum Gasteiger partial charge on any atom is -0.368 e. The zero-order chi connectivity index (χ0) is 28.8. The summed E-state index contributed by atoms with van der Waals surface area (Å²) in [5.41, 5.74) is 4.36. The van der Waals surface area contributed by atoms with Gasteiger partial charge < -0.3 is 19.3 Å². The van der Waals surface area contributed by atoms with Crippen molar-refractivity contribution < 1.29 is 18.8 Å². The summed E-state index contributed by atoms with van der Waals surface area (Å²) in [6.07, 6.45) is 5.87. The molecule has 7 rings (SSSR count). The van der Waals surface area contributed by atoms with Crippen molar-refractivity contribution in [1.29, 1.82) is 0 Å². The average molecular weight is 586 g/mol. The third-order valence-corrected chi connectivity index (χ3v) is 9.01. The lowest BCUT2D eigenvalue weighted by Gasteiger charge is -2.34. The van der Waals surface area contributed by atoms with Crippen LogP contribution in [0.5, 0.6) is 0 Å². The zero-order valence-corrected chi connectivity index (χ0v) is 23.5. The number of benzene rings is 2. The van der Waals surface area contributed by atoms with Crippen LogP contribution < -0.4 is 10.2 Å². The molecule has 4 aromatic rings. The van der Waals surface area contributed by atoms with Crippen molar-refractivity contribution in [1.82, 2.24) is 24.3 Å². The summed E-state index contributed by atoms with van der Waals surface area (Å²) < 4.78 is 17.6. The largest absolute Gasteiger partial charge is 0.368 e. The third kappa shape index (κ3) is 4.61. The summed E-state index contributed by atoms with van der Waals surface area (Å²) in [6, 6.07) is 9.92. The van der Waals surface area contributed by atoms with Crippen LogP contribution in [-0.4, -0.2) is 68.7 Å². The first kappa shape index (κ1) is 26.3. The first-order valence-corrected chi connectivity index (χ1v) is 14.8. The molecule has 10 nitrogen and oxygen atoms in total. The van der Waals surface area contributed by atoms with Gasteiger partial charge in [0.15, 0.2) is 11.2 Å². The summed E-state index contributed by atoms with van der Waals surface area (Å²) in [5.74, 6) is -1.32. The molecule has 1 fully saturated rings. The maximum Gasteiger partial charge on any atom is 0.255 e. The van der Waals surface area contributed by atoms with Gasteiger partial charge in [-0.3, -0.25) is 19.7 Å². The molecule has 2 aromatic heterocycles. The standard InChI is InChI=1S/C30H28FN7O3S/c31-24-15-20(19-3-5-21(6-4-19)36-11-9-35(18-39)10-12-36)14-22-23(24)16-38(29(22)41)27(28(40)34-30-32-7-13-42-30)26-25-2-1-8-37(25)17-33-26/h3-7,13-15,17-18,27H,1-2,8-12,16H2,(H,32,34,40). The molecule has 3 amide bonds. The monoisotopic (exact) mass is 585 g/mol. The van der Waals surface area contributed by atoms with Crippen molar-refractivity contribution in [3.63, 3.8) is 0 Å². The van der Waals surface area contributed by atoms with Gasteiger partial charge in [0.1, 0.15) is 5.82 Å². The van der Waals surface area contributed by atoms with Gasteiger partial charge in [-0.25, -0.2) is 14.4 Å². The Balaban J connectivity index is 1.17. The maximum atomic E-state index is 15.6. The number of carbonyl (C=O) groups is 3. The lowest BCUT2D eigenvalue weighted by molar-refractivity contribution is -0.121. The number of carbonyl (C=O) groups excluding carboxylic acids is 3. The summed E-state index contributed by atoms with van der Waals surface area (Å²) in [4.78, 5) is 52.7. The molecule has 1 N–H and O–H groups in total. The zero-order valence-electron chi connectivity index (χ0n) is 22.7. The van der Waals surface area contributed by atoms with E-state index in [4.69, 9.17) is 0 Å². The number of imidazole rings is 1. The van der Waals surface area contributed by atoms with E-state index in [9.17, 15) is 14.4 Å². The molecule has 2 aromatic carbocycles. The predicted octanol–water partition coefficient (Wildman–Crippen LogP) is 3.71. The number of halogens is 1. The molecule has 1 saturated heterocycles. The second-order valence-electron chi connectivity index (χ2n) is 10.7. The van der Waals surface area contributed by atoms with Gasteiger partial charge in [0.25, 0.3) is 11.8 Å². The Kier molecular flexibility index (Phi) is 6.69. The van der Waals surface area contributed by atoms with E-state index in [-0.39, 0.29) is 17.7 Å². The highest BCUT2D eigenvalue weighted by atomic mass is 32.1. The Morgan fingerprint density at radius 2 is 1.86 bits per heavy atom. The van der Waals surface area contributed by atoms with E-state index >= 15 is 4.39 Å². The van der Waals surface area contributed by atoms with Crippen LogP contribution in [0.3, 0.4) is 0 Å². The first-order chi connectivity index (χ1) is 20.5. The van der Waals surface area contributed by atoms with E-state index in [1.54, 1.807) is 28.9 Å².